The van der Waals surface area contributed by atoms with E-state index in [0.29, 0.717) is 36.6 Å². The fourth-order valence-electron chi connectivity index (χ4n) is 3.24. The first-order chi connectivity index (χ1) is 14.6. The van der Waals surface area contributed by atoms with Crippen LogP contribution in [0.3, 0.4) is 0 Å². The molecule has 30 heavy (non-hydrogen) atoms. The fraction of sp³-hybridized carbons (Fsp3) is 0.273. The summed E-state index contributed by atoms with van der Waals surface area (Å²) in [6.07, 6.45) is 11.1. The summed E-state index contributed by atoms with van der Waals surface area (Å²) in [4.78, 5) is 11.1. The van der Waals surface area contributed by atoms with Gasteiger partial charge in [-0.15, -0.1) is 0 Å². The molecular weight excluding hydrogens is 378 g/mol. The molecule has 3 rings (SSSR count). The molecule has 1 fully saturated rings. The molecule has 2 aromatic rings. The summed E-state index contributed by atoms with van der Waals surface area (Å²) in [5, 5.41) is 27.9. The number of anilines is 1. The van der Waals surface area contributed by atoms with Gasteiger partial charge in [-0.05, 0) is 24.3 Å². The van der Waals surface area contributed by atoms with E-state index < -0.39 is 0 Å². The smallest absolute Gasteiger partial charge is 0.159 e. The summed E-state index contributed by atoms with van der Waals surface area (Å²) >= 11 is 0. The van der Waals surface area contributed by atoms with E-state index in [-0.39, 0.29) is 6.10 Å². The first kappa shape index (κ1) is 21.2. The molecular formula is C22H27N7O. The lowest BCUT2D eigenvalue weighted by Gasteiger charge is -2.16. The summed E-state index contributed by atoms with van der Waals surface area (Å²) in [5.41, 5.74) is 9.29. The van der Waals surface area contributed by atoms with Gasteiger partial charge in [-0.1, -0.05) is 24.3 Å². The number of hydrogen-bond acceptors (Lipinski definition) is 8. The molecule has 0 radical (unpaired) electrons. The predicted octanol–water partition coefficient (Wildman–Crippen LogP) is 2.22. The summed E-state index contributed by atoms with van der Waals surface area (Å²) in [7, 11) is 0. The zero-order chi connectivity index (χ0) is 21.3. The second-order valence-corrected chi connectivity index (χ2v) is 7.15. The third-order valence-electron chi connectivity index (χ3n) is 4.84. The number of nitrogens with zero attached hydrogens (tertiary/aromatic N) is 3. The molecule has 156 valence electrons. The van der Waals surface area contributed by atoms with Crippen LogP contribution in [0.5, 0.6) is 0 Å². The number of nitrogens with two attached hydrogens (primary N) is 1. The van der Waals surface area contributed by atoms with Gasteiger partial charge >= 0.3 is 0 Å². The van der Waals surface area contributed by atoms with Gasteiger partial charge in [0.25, 0.3) is 0 Å². The second kappa shape index (κ2) is 10.3. The Morgan fingerprint density at radius 3 is 2.80 bits per heavy atom. The van der Waals surface area contributed by atoms with Gasteiger partial charge in [0.15, 0.2) is 5.82 Å². The van der Waals surface area contributed by atoms with Gasteiger partial charge in [-0.3, -0.25) is 0 Å². The first-order valence-electron chi connectivity index (χ1n) is 9.83. The Hall–Kier alpha value is -3.52. The van der Waals surface area contributed by atoms with Gasteiger partial charge in [0.05, 0.1) is 29.9 Å². The van der Waals surface area contributed by atoms with Crippen LogP contribution in [0.15, 0.2) is 60.8 Å². The van der Waals surface area contributed by atoms with Crippen molar-refractivity contribution < 1.29 is 5.11 Å². The van der Waals surface area contributed by atoms with Gasteiger partial charge < -0.3 is 31.9 Å². The van der Waals surface area contributed by atoms with Crippen LogP contribution in [0.2, 0.25) is 0 Å². The number of nitrogens with one attached hydrogen (secondary N) is 3. The topological polar surface area (TPSA) is 135 Å². The molecule has 8 heteroatoms. The molecule has 1 aromatic heterocycles. The lowest BCUT2D eigenvalue weighted by atomic mass is 10.0. The van der Waals surface area contributed by atoms with Gasteiger partial charge in [-0.25, -0.2) is 9.97 Å². The van der Waals surface area contributed by atoms with Crippen LogP contribution in [0, 0.1) is 10.8 Å². The predicted molar refractivity (Wildman–Crippen MR) is 120 cm³/mol. The Kier molecular flexibility index (Phi) is 7.29. The fourth-order valence-corrected chi connectivity index (χ4v) is 3.24. The average Bonchev–Trinajstić information content (AvgIpc) is 3.20. The Balaban J connectivity index is 1.58. The first-order valence-corrected chi connectivity index (χ1v) is 9.83. The van der Waals surface area contributed by atoms with E-state index in [4.69, 9.17) is 16.6 Å². The number of aromatic nitrogens is 2. The van der Waals surface area contributed by atoms with Crippen molar-refractivity contribution in [2.24, 2.45) is 5.73 Å². The Bertz CT molecular complexity index is 937. The summed E-state index contributed by atoms with van der Waals surface area (Å²) < 4.78 is 0. The van der Waals surface area contributed by atoms with Gasteiger partial charge in [-0.2, -0.15) is 0 Å². The van der Waals surface area contributed by atoms with Crippen LogP contribution in [-0.4, -0.2) is 46.2 Å². The molecule has 1 aromatic carbocycles. The van der Waals surface area contributed by atoms with Crippen LogP contribution in [0.25, 0.3) is 11.4 Å². The van der Waals surface area contributed by atoms with Gasteiger partial charge in [0.2, 0.25) is 0 Å². The van der Waals surface area contributed by atoms with Crippen LogP contribution in [-0.2, 0) is 6.42 Å². The Morgan fingerprint density at radius 1 is 1.33 bits per heavy atom. The average molecular weight is 406 g/mol. The van der Waals surface area contributed by atoms with E-state index in [1.807, 2.05) is 30.3 Å². The molecule has 1 atom stereocenters. The molecule has 1 aliphatic heterocycles. The summed E-state index contributed by atoms with van der Waals surface area (Å²) in [6.45, 7) is 1.44. The van der Waals surface area contributed by atoms with E-state index in [1.54, 1.807) is 18.6 Å². The molecule has 0 spiro atoms. The summed E-state index contributed by atoms with van der Waals surface area (Å²) in [5.74, 6) is 0.642. The molecule has 8 nitrogen and oxygen atoms in total. The quantitative estimate of drug-likeness (QED) is 0.406. The van der Waals surface area contributed by atoms with Crippen molar-refractivity contribution in [2.75, 3.05) is 18.0 Å². The van der Waals surface area contributed by atoms with Crippen LogP contribution in [0.1, 0.15) is 18.4 Å². The van der Waals surface area contributed by atoms with Crippen molar-refractivity contribution in [2.45, 2.75) is 25.4 Å². The van der Waals surface area contributed by atoms with Gasteiger partial charge in [0.1, 0.15) is 0 Å². The normalized spacial score (nSPS) is 16.8. The Labute approximate surface area is 176 Å². The van der Waals surface area contributed by atoms with Crippen molar-refractivity contribution in [1.82, 2.24) is 15.3 Å². The largest absolute Gasteiger partial charge is 0.403 e. The number of rotatable bonds is 9. The molecule has 0 aliphatic carbocycles. The number of β-amino-alcohol motifs (C(OH)–C–C–N with tert-alkyl or cyclic N) is 1. The number of hydrogen-bond donors (Lipinski definition) is 5. The molecule has 1 unspecified atom stereocenters. The van der Waals surface area contributed by atoms with Crippen LogP contribution < -0.4 is 16.0 Å². The highest BCUT2D eigenvalue weighted by molar-refractivity contribution is 5.85. The van der Waals surface area contributed by atoms with Gasteiger partial charge in [0, 0.05) is 49.6 Å². The highest BCUT2D eigenvalue weighted by Gasteiger charge is 2.20. The third-order valence-corrected chi connectivity index (χ3v) is 4.84. The summed E-state index contributed by atoms with van der Waals surface area (Å²) in [6, 6.07) is 7.91. The molecule has 1 saturated heterocycles. The van der Waals surface area contributed by atoms with E-state index >= 15 is 0 Å². The maximum atomic E-state index is 9.69. The minimum atomic E-state index is -0.280. The van der Waals surface area contributed by atoms with Crippen LogP contribution in [0.4, 0.5) is 5.69 Å². The van der Waals surface area contributed by atoms with Crippen molar-refractivity contribution in [3.63, 3.8) is 0 Å². The van der Waals surface area contributed by atoms with Crippen molar-refractivity contribution >= 4 is 17.6 Å². The van der Waals surface area contributed by atoms with Crippen LogP contribution >= 0.6 is 0 Å². The maximum Gasteiger partial charge on any atom is 0.159 e. The van der Waals surface area contributed by atoms with E-state index in [2.05, 4.69) is 20.2 Å². The molecule has 6 N–H and O–H groups in total. The van der Waals surface area contributed by atoms with Crippen molar-refractivity contribution in [1.29, 1.82) is 10.8 Å². The molecule has 0 bridgehead atoms. The van der Waals surface area contributed by atoms with E-state index in [1.165, 1.54) is 6.20 Å². The minimum absolute atomic E-state index is 0.280. The molecule has 0 saturated carbocycles. The van der Waals surface area contributed by atoms with E-state index in [9.17, 15) is 5.11 Å². The van der Waals surface area contributed by atoms with Crippen molar-refractivity contribution in [3.05, 3.63) is 66.4 Å². The number of benzene rings is 1. The Morgan fingerprint density at radius 2 is 2.13 bits per heavy atom. The highest BCUT2D eigenvalue weighted by atomic mass is 16.3. The number of aliphatic hydroxyl groups excluding tert-OH is 1. The van der Waals surface area contributed by atoms with E-state index in [0.717, 1.165) is 36.0 Å². The number of allylic oxidation sites excluding steroid dienone is 2. The molecule has 1 aliphatic rings. The number of aliphatic hydroxyl groups is 1. The lowest BCUT2D eigenvalue weighted by molar-refractivity contribution is 0.198. The standard InChI is InChI=1S/C22H27N7O/c23-11-19(12-24)26-7-2-5-18(25)10-16-3-1-4-17(9-16)22-27-13-20(14-28-22)29-8-6-21(30)15-29/h1-4,7,9,11-14,21,23,25-26,30H,5-6,8,10,15,24H2/b7-2-,19-12+,23-11?,25-18?. The zero-order valence-corrected chi connectivity index (χ0v) is 16.8. The molecule has 2 heterocycles. The lowest BCUT2D eigenvalue weighted by Crippen LogP contribution is -2.21. The second-order valence-electron chi connectivity index (χ2n) is 7.15. The molecule has 0 amide bonds. The SMILES string of the molecule is N=C/C(=C\N)N/C=C\CC(=N)Cc1cccc(-c2ncc(N3CCC(O)C3)cn2)c1. The highest BCUT2D eigenvalue weighted by Crippen LogP contribution is 2.22. The monoisotopic (exact) mass is 405 g/mol. The maximum absolute atomic E-state index is 9.69. The minimum Gasteiger partial charge on any atom is -0.403 e. The van der Waals surface area contributed by atoms with Crippen molar-refractivity contribution in [3.8, 4) is 11.4 Å². The zero-order valence-electron chi connectivity index (χ0n) is 16.8. The third kappa shape index (κ3) is 5.74.